The number of halogens is 1. The first-order valence-electron chi connectivity index (χ1n) is 9.36. The van der Waals surface area contributed by atoms with Crippen molar-refractivity contribution < 1.29 is 17.6 Å². The number of aromatic nitrogens is 1. The van der Waals surface area contributed by atoms with Crippen molar-refractivity contribution in [1.29, 1.82) is 0 Å². The highest BCUT2D eigenvalue weighted by Gasteiger charge is 2.28. The lowest BCUT2D eigenvalue weighted by Gasteiger charge is -2.07. The molecule has 1 heterocycles. The molecule has 1 aromatic heterocycles. The Hall–Kier alpha value is -3.10. The molecule has 4 rings (SSSR count). The predicted molar refractivity (Wildman–Crippen MR) is 123 cm³/mol. The maximum atomic E-state index is 13.4. The topological polar surface area (TPSA) is 81.4 Å². The Balaban J connectivity index is 1.83. The number of ether oxygens (including phenoxy) is 1. The zero-order valence-corrected chi connectivity index (χ0v) is 19.2. The summed E-state index contributed by atoms with van der Waals surface area (Å²) < 4.78 is 38.8. The summed E-state index contributed by atoms with van der Waals surface area (Å²) in [6, 6.07) is 21.0. The summed E-state index contributed by atoms with van der Waals surface area (Å²) in [5.41, 5.74) is 2.23. The average Bonchev–Trinajstić information content (AvgIpc) is 3.19. The second-order valence-electron chi connectivity index (χ2n) is 6.83. The van der Waals surface area contributed by atoms with Gasteiger partial charge < -0.3 is 14.5 Å². The van der Waals surface area contributed by atoms with Gasteiger partial charge in [-0.3, -0.25) is 0 Å². The lowest BCUT2D eigenvalue weighted by Crippen LogP contribution is -2.05. The van der Waals surface area contributed by atoms with Crippen molar-refractivity contribution in [3.8, 4) is 17.2 Å². The van der Waals surface area contributed by atoms with E-state index in [1.54, 1.807) is 67.8 Å². The van der Waals surface area contributed by atoms with E-state index >= 15 is 0 Å². The Morgan fingerprint density at radius 3 is 2.39 bits per heavy atom. The summed E-state index contributed by atoms with van der Waals surface area (Å²) in [4.78, 5) is 4.50. The first-order valence-corrected chi connectivity index (χ1v) is 11.6. The Kier molecular flexibility index (Phi) is 5.84. The van der Waals surface area contributed by atoms with Crippen LogP contribution in [0.1, 0.15) is 5.56 Å². The zero-order chi connectivity index (χ0) is 22.0. The third kappa shape index (κ3) is 4.50. The summed E-state index contributed by atoms with van der Waals surface area (Å²) >= 11 is 3.39. The highest BCUT2D eigenvalue weighted by molar-refractivity contribution is 9.10. The van der Waals surface area contributed by atoms with E-state index in [0.29, 0.717) is 17.0 Å². The van der Waals surface area contributed by atoms with Gasteiger partial charge in [0.25, 0.3) is 0 Å². The van der Waals surface area contributed by atoms with Gasteiger partial charge in [0.05, 0.1) is 12.0 Å². The molecular weight excluding hydrogens is 480 g/mol. The van der Waals surface area contributed by atoms with Gasteiger partial charge in [-0.05, 0) is 55.5 Å². The van der Waals surface area contributed by atoms with Gasteiger partial charge in [0.15, 0.2) is 0 Å². The fourth-order valence-electron chi connectivity index (χ4n) is 2.94. The van der Waals surface area contributed by atoms with Crippen LogP contribution in [0.3, 0.4) is 0 Å². The minimum absolute atomic E-state index is 0.0340. The van der Waals surface area contributed by atoms with Crippen LogP contribution in [0.2, 0.25) is 0 Å². The highest BCUT2D eigenvalue weighted by Crippen LogP contribution is 2.35. The first kappa shape index (κ1) is 21.1. The van der Waals surface area contributed by atoms with E-state index in [0.717, 1.165) is 10.0 Å². The van der Waals surface area contributed by atoms with Crippen molar-refractivity contribution in [3.63, 3.8) is 0 Å². The predicted octanol–water partition coefficient (Wildman–Crippen LogP) is 6.00. The molecule has 0 fully saturated rings. The molecule has 3 aromatic carbocycles. The molecule has 1 N–H and O–H groups in total. The van der Waals surface area contributed by atoms with Crippen LogP contribution in [0, 0.1) is 6.92 Å². The number of sulfone groups is 1. The minimum atomic E-state index is -3.93. The molecule has 0 saturated carbocycles. The van der Waals surface area contributed by atoms with Gasteiger partial charge in [0.1, 0.15) is 5.75 Å². The Morgan fingerprint density at radius 1 is 1.00 bits per heavy atom. The zero-order valence-electron chi connectivity index (χ0n) is 16.8. The summed E-state index contributed by atoms with van der Waals surface area (Å²) in [5.74, 6) is 0.857. The third-order valence-electron chi connectivity index (χ3n) is 4.60. The van der Waals surface area contributed by atoms with Crippen molar-refractivity contribution in [2.24, 2.45) is 0 Å². The fraction of sp³-hybridized carbons (Fsp3) is 0.0870. The van der Waals surface area contributed by atoms with Crippen molar-refractivity contribution >= 4 is 37.3 Å². The quantitative estimate of drug-likeness (QED) is 0.351. The Bertz CT molecular complexity index is 1310. The number of anilines is 2. The van der Waals surface area contributed by atoms with Gasteiger partial charge in [0, 0.05) is 21.8 Å². The van der Waals surface area contributed by atoms with Crippen LogP contribution >= 0.6 is 15.9 Å². The van der Waals surface area contributed by atoms with Gasteiger partial charge in [0.2, 0.25) is 26.6 Å². The summed E-state index contributed by atoms with van der Waals surface area (Å²) in [6.07, 6.45) is 0. The molecule has 0 aliphatic carbocycles. The molecule has 0 radical (unpaired) electrons. The molecule has 0 amide bonds. The normalized spacial score (nSPS) is 11.3. The van der Waals surface area contributed by atoms with Gasteiger partial charge in [-0.25, -0.2) is 8.42 Å². The molecule has 31 heavy (non-hydrogen) atoms. The molecular formula is C23H19BrN2O4S. The first-order chi connectivity index (χ1) is 14.9. The maximum Gasteiger partial charge on any atom is 0.238 e. The second kappa shape index (κ2) is 8.56. The lowest BCUT2D eigenvalue weighted by molar-refractivity contribution is 0.415. The largest absolute Gasteiger partial charge is 0.497 e. The van der Waals surface area contributed by atoms with Gasteiger partial charge in [-0.15, -0.1) is 0 Å². The molecule has 0 aliphatic rings. The van der Waals surface area contributed by atoms with E-state index < -0.39 is 9.84 Å². The van der Waals surface area contributed by atoms with Gasteiger partial charge in [-0.1, -0.05) is 39.7 Å². The Labute approximate surface area is 189 Å². The van der Waals surface area contributed by atoms with Crippen LogP contribution in [0.5, 0.6) is 5.75 Å². The van der Waals surface area contributed by atoms with Crippen LogP contribution in [-0.2, 0) is 9.84 Å². The number of methoxy groups -OCH3 is 1. The van der Waals surface area contributed by atoms with Crippen molar-refractivity contribution in [3.05, 3.63) is 82.8 Å². The molecule has 0 aliphatic heterocycles. The standard InChI is InChI=1S/C23H19BrN2O4S/c1-15-6-12-20(13-7-15)31(27,28)23-22(25-18-4-3-5-19(14-18)29-2)30-21(26-23)16-8-10-17(24)11-9-16/h3-14,25H,1-2H3. The Morgan fingerprint density at radius 2 is 1.71 bits per heavy atom. The average molecular weight is 499 g/mol. The van der Waals surface area contributed by atoms with Crippen molar-refractivity contribution in [2.75, 3.05) is 12.4 Å². The number of hydrogen-bond donors (Lipinski definition) is 1. The summed E-state index contributed by atoms with van der Waals surface area (Å²) in [7, 11) is -2.36. The molecule has 6 nitrogen and oxygen atoms in total. The van der Waals surface area contributed by atoms with E-state index in [-0.39, 0.29) is 21.7 Å². The molecule has 8 heteroatoms. The van der Waals surface area contributed by atoms with E-state index in [9.17, 15) is 8.42 Å². The molecule has 158 valence electrons. The molecule has 0 atom stereocenters. The van der Waals surface area contributed by atoms with E-state index in [4.69, 9.17) is 9.15 Å². The summed E-state index contributed by atoms with van der Waals surface area (Å²) in [5, 5.41) is 2.86. The van der Waals surface area contributed by atoms with Crippen LogP contribution in [0.25, 0.3) is 11.5 Å². The maximum absolute atomic E-state index is 13.4. The summed E-state index contributed by atoms with van der Waals surface area (Å²) in [6.45, 7) is 1.90. The molecule has 0 spiro atoms. The molecule has 0 bridgehead atoms. The van der Waals surface area contributed by atoms with Crippen molar-refractivity contribution in [2.45, 2.75) is 16.8 Å². The third-order valence-corrected chi connectivity index (χ3v) is 6.81. The molecule has 4 aromatic rings. The number of nitrogens with zero attached hydrogens (tertiary/aromatic N) is 1. The second-order valence-corrected chi connectivity index (χ2v) is 9.61. The van der Waals surface area contributed by atoms with Crippen LogP contribution < -0.4 is 10.1 Å². The number of aryl methyl sites for hydroxylation is 1. The van der Waals surface area contributed by atoms with E-state index in [2.05, 4.69) is 26.2 Å². The van der Waals surface area contributed by atoms with Gasteiger partial charge in [-0.2, -0.15) is 4.98 Å². The highest BCUT2D eigenvalue weighted by atomic mass is 79.9. The number of benzene rings is 3. The number of hydrogen-bond acceptors (Lipinski definition) is 6. The number of rotatable bonds is 6. The van der Waals surface area contributed by atoms with Crippen LogP contribution in [-0.4, -0.2) is 20.5 Å². The fourth-order valence-corrected chi connectivity index (χ4v) is 4.47. The molecule has 0 unspecified atom stereocenters. The number of nitrogens with one attached hydrogen (secondary N) is 1. The molecule has 0 saturated heterocycles. The van der Waals surface area contributed by atoms with Crippen LogP contribution in [0.15, 0.2) is 91.6 Å². The lowest BCUT2D eigenvalue weighted by atomic mass is 10.2. The van der Waals surface area contributed by atoms with Gasteiger partial charge >= 0.3 is 0 Å². The van der Waals surface area contributed by atoms with E-state index in [1.807, 2.05) is 19.1 Å². The van der Waals surface area contributed by atoms with E-state index in [1.165, 1.54) is 0 Å². The smallest absolute Gasteiger partial charge is 0.238 e. The van der Waals surface area contributed by atoms with Crippen molar-refractivity contribution in [1.82, 2.24) is 4.98 Å². The van der Waals surface area contributed by atoms with Crippen LogP contribution in [0.4, 0.5) is 11.6 Å². The minimum Gasteiger partial charge on any atom is -0.497 e. The monoisotopic (exact) mass is 498 g/mol. The SMILES string of the molecule is COc1cccc(Nc2oc(-c3ccc(Br)cc3)nc2S(=O)(=O)c2ccc(C)cc2)c1. The number of oxazole rings is 1.